The number of hydrogen-bond donors (Lipinski definition) is 0. The van der Waals surface area contributed by atoms with Crippen LogP contribution in [0.1, 0.15) is 53.4 Å². The van der Waals surface area contributed by atoms with E-state index in [2.05, 4.69) is 37.5 Å². The molecule has 3 nitrogen and oxygen atoms in total. The van der Waals surface area contributed by atoms with Crippen LogP contribution in [0.4, 0.5) is 0 Å². The summed E-state index contributed by atoms with van der Waals surface area (Å²) >= 11 is 0. The van der Waals surface area contributed by atoms with E-state index in [0.717, 1.165) is 12.5 Å². The van der Waals surface area contributed by atoms with Crippen molar-refractivity contribution in [2.75, 3.05) is 39.3 Å². The Bertz CT molecular complexity index is 334. The highest BCUT2D eigenvalue weighted by Gasteiger charge is 2.51. The van der Waals surface area contributed by atoms with Crippen molar-refractivity contribution in [1.29, 1.82) is 0 Å². The summed E-state index contributed by atoms with van der Waals surface area (Å²) in [5.74, 6) is 0.769. The van der Waals surface area contributed by atoms with Crippen molar-refractivity contribution in [1.82, 2.24) is 9.80 Å². The summed E-state index contributed by atoms with van der Waals surface area (Å²) in [7, 11) is 0. The molecular weight excluding hydrogens is 260 g/mol. The number of fused-ring (bicyclic) bond motifs is 3. The van der Waals surface area contributed by atoms with Crippen molar-refractivity contribution in [3.63, 3.8) is 0 Å². The molecule has 0 unspecified atom stereocenters. The lowest BCUT2D eigenvalue weighted by molar-refractivity contribution is -0.204. The average Bonchev–Trinajstić information content (AvgIpc) is 2.49. The van der Waals surface area contributed by atoms with Gasteiger partial charge in [-0.05, 0) is 50.9 Å². The van der Waals surface area contributed by atoms with Gasteiger partial charge in [-0.3, -0.25) is 9.80 Å². The van der Waals surface area contributed by atoms with Crippen molar-refractivity contribution in [2.24, 2.45) is 11.3 Å². The third kappa shape index (κ3) is 3.02. The molecule has 0 aromatic carbocycles. The molecule has 4 aliphatic rings. The maximum absolute atomic E-state index is 6.45. The van der Waals surface area contributed by atoms with Crippen molar-refractivity contribution in [3.05, 3.63) is 0 Å². The maximum Gasteiger partial charge on any atom is 0.0809 e. The van der Waals surface area contributed by atoms with Gasteiger partial charge in [0.25, 0.3) is 0 Å². The molecule has 3 aliphatic heterocycles. The molecule has 0 atom stereocenters. The molecule has 0 aromatic rings. The Kier molecular flexibility index (Phi) is 4.37. The van der Waals surface area contributed by atoms with Gasteiger partial charge in [0.2, 0.25) is 0 Å². The smallest absolute Gasteiger partial charge is 0.0809 e. The van der Waals surface area contributed by atoms with Crippen LogP contribution in [0.5, 0.6) is 0 Å². The zero-order chi connectivity index (χ0) is 15.1. The van der Waals surface area contributed by atoms with E-state index in [9.17, 15) is 0 Å². The first-order chi connectivity index (χ1) is 9.95. The minimum absolute atomic E-state index is 0.191. The molecule has 1 aliphatic carbocycles. The fraction of sp³-hybridized carbons (Fsp3) is 1.00. The third-order valence-electron chi connectivity index (χ3n) is 6.70. The second-order valence-corrected chi connectivity index (χ2v) is 8.39. The number of rotatable bonds is 4. The van der Waals surface area contributed by atoms with E-state index >= 15 is 0 Å². The van der Waals surface area contributed by atoms with Gasteiger partial charge in [0.1, 0.15) is 0 Å². The van der Waals surface area contributed by atoms with Crippen molar-refractivity contribution >= 4 is 0 Å². The Morgan fingerprint density at radius 2 is 1.52 bits per heavy atom. The predicted molar refractivity (Wildman–Crippen MR) is 87.6 cm³/mol. The van der Waals surface area contributed by atoms with Gasteiger partial charge in [0.05, 0.1) is 12.2 Å². The molecule has 0 aromatic heterocycles. The topological polar surface area (TPSA) is 15.7 Å². The minimum Gasteiger partial charge on any atom is -0.373 e. The van der Waals surface area contributed by atoms with Crippen LogP contribution >= 0.6 is 0 Å². The Labute approximate surface area is 131 Å². The largest absolute Gasteiger partial charge is 0.373 e. The van der Waals surface area contributed by atoms with Crippen molar-refractivity contribution in [2.45, 2.75) is 65.0 Å². The molecule has 3 saturated heterocycles. The van der Waals surface area contributed by atoms with E-state index in [1.54, 1.807) is 0 Å². The molecular formula is C18H34N2O. The van der Waals surface area contributed by atoms with Crippen LogP contribution < -0.4 is 0 Å². The summed E-state index contributed by atoms with van der Waals surface area (Å²) < 4.78 is 6.45. The monoisotopic (exact) mass is 294 g/mol. The fourth-order valence-electron chi connectivity index (χ4n) is 4.58. The summed E-state index contributed by atoms with van der Waals surface area (Å²) in [4.78, 5) is 5.26. The van der Waals surface area contributed by atoms with E-state index in [4.69, 9.17) is 4.74 Å². The molecule has 2 bridgehead atoms. The van der Waals surface area contributed by atoms with Crippen molar-refractivity contribution < 1.29 is 4.74 Å². The van der Waals surface area contributed by atoms with Gasteiger partial charge >= 0.3 is 0 Å². The van der Waals surface area contributed by atoms with E-state index in [1.165, 1.54) is 58.4 Å². The van der Waals surface area contributed by atoms with Gasteiger partial charge in [-0.25, -0.2) is 0 Å². The van der Waals surface area contributed by atoms with Gasteiger partial charge < -0.3 is 4.74 Å². The zero-order valence-corrected chi connectivity index (χ0v) is 14.5. The van der Waals surface area contributed by atoms with Crippen LogP contribution in [0.15, 0.2) is 0 Å². The van der Waals surface area contributed by atoms with E-state index in [-0.39, 0.29) is 5.60 Å². The number of piperazine rings is 1. The number of nitrogens with zero attached hydrogens (tertiary/aromatic N) is 2. The molecule has 0 radical (unpaired) electrons. The van der Waals surface area contributed by atoms with Gasteiger partial charge in [0.15, 0.2) is 0 Å². The summed E-state index contributed by atoms with van der Waals surface area (Å²) in [6, 6.07) is 0.692. The second-order valence-electron chi connectivity index (χ2n) is 8.39. The third-order valence-corrected chi connectivity index (χ3v) is 6.70. The fourth-order valence-corrected chi connectivity index (χ4v) is 4.58. The Morgan fingerprint density at radius 1 is 0.905 bits per heavy atom. The first-order valence-corrected chi connectivity index (χ1v) is 9.05. The second kappa shape index (κ2) is 5.82. The summed E-state index contributed by atoms with van der Waals surface area (Å²) in [5.41, 5.74) is 0.689. The molecule has 3 heteroatoms. The van der Waals surface area contributed by atoms with Crippen LogP contribution in [0.2, 0.25) is 0 Å². The van der Waals surface area contributed by atoms with Crippen LogP contribution in [0.25, 0.3) is 0 Å². The minimum atomic E-state index is 0.191. The van der Waals surface area contributed by atoms with Crippen molar-refractivity contribution in [3.8, 4) is 0 Å². The zero-order valence-electron chi connectivity index (χ0n) is 14.5. The standard InChI is InChI=1S/C18H34N2O/c1-15(2)17-5-7-18(8-6-17,21-14-17)13-19-9-11-20(12-10-19)16(3)4/h15-16H,5-14H2,1-4H3. The number of hydrogen-bond acceptors (Lipinski definition) is 3. The lowest BCUT2D eigenvalue weighted by atomic mass is 9.61. The summed E-state index contributed by atoms with van der Waals surface area (Å²) in [6.45, 7) is 16.5. The predicted octanol–water partition coefficient (Wildman–Crippen LogP) is 3.00. The molecule has 21 heavy (non-hydrogen) atoms. The van der Waals surface area contributed by atoms with E-state index in [1.807, 2.05) is 0 Å². The SMILES string of the molecule is CC(C)N1CCN(CC23CCC(C(C)C)(CC2)CO3)CC1. The summed E-state index contributed by atoms with van der Waals surface area (Å²) in [5, 5.41) is 0. The van der Waals surface area contributed by atoms with Gasteiger partial charge in [0, 0.05) is 38.8 Å². The van der Waals surface area contributed by atoms with Gasteiger partial charge in [-0.1, -0.05) is 13.8 Å². The number of ether oxygens (including phenoxy) is 1. The highest BCUT2D eigenvalue weighted by atomic mass is 16.5. The Morgan fingerprint density at radius 3 is 1.95 bits per heavy atom. The van der Waals surface area contributed by atoms with Gasteiger partial charge in [-0.2, -0.15) is 0 Å². The molecule has 1 saturated carbocycles. The molecule has 122 valence electrons. The average molecular weight is 294 g/mol. The van der Waals surface area contributed by atoms with Gasteiger partial charge in [-0.15, -0.1) is 0 Å². The van der Waals surface area contributed by atoms with Crippen LogP contribution in [-0.4, -0.2) is 60.8 Å². The Hall–Kier alpha value is -0.120. The van der Waals surface area contributed by atoms with Crippen LogP contribution in [-0.2, 0) is 4.74 Å². The highest BCUT2D eigenvalue weighted by molar-refractivity contribution is 5.02. The van der Waals surface area contributed by atoms with E-state index < -0.39 is 0 Å². The normalized spacial score (nSPS) is 38.6. The molecule has 4 fully saturated rings. The maximum atomic E-state index is 6.45. The molecule has 3 heterocycles. The lowest BCUT2D eigenvalue weighted by Crippen LogP contribution is -2.59. The lowest BCUT2D eigenvalue weighted by Gasteiger charge is -2.56. The first kappa shape index (κ1) is 15.8. The molecule has 0 amide bonds. The first-order valence-electron chi connectivity index (χ1n) is 9.05. The highest BCUT2D eigenvalue weighted by Crippen LogP contribution is 2.52. The molecule has 0 N–H and O–H groups in total. The molecule has 4 rings (SSSR count). The quantitative estimate of drug-likeness (QED) is 0.793. The van der Waals surface area contributed by atoms with E-state index in [0.29, 0.717) is 11.5 Å². The molecule has 0 spiro atoms. The Balaban J connectivity index is 1.53. The van der Waals surface area contributed by atoms with Crippen LogP contribution in [0, 0.1) is 11.3 Å². The summed E-state index contributed by atoms with van der Waals surface area (Å²) in [6.07, 6.45) is 5.35. The van der Waals surface area contributed by atoms with Crippen LogP contribution in [0.3, 0.4) is 0 Å².